The zero-order valence-electron chi connectivity index (χ0n) is 14.6. The van der Waals surface area contributed by atoms with Gasteiger partial charge in [0.15, 0.2) is 5.78 Å². The van der Waals surface area contributed by atoms with Gasteiger partial charge in [0, 0.05) is 17.5 Å². The van der Waals surface area contributed by atoms with Crippen molar-refractivity contribution >= 4 is 17.4 Å². The van der Waals surface area contributed by atoms with E-state index in [2.05, 4.69) is 5.32 Å². The first-order valence-electron chi connectivity index (χ1n) is 7.88. The Morgan fingerprint density at radius 3 is 2.21 bits per heavy atom. The number of ether oxygens (including phenoxy) is 1. The average molecular weight is 325 g/mol. The molecule has 126 valence electrons. The highest BCUT2D eigenvalue weighted by Gasteiger charge is 2.19. The lowest BCUT2D eigenvalue weighted by molar-refractivity contribution is -0.117. The predicted molar refractivity (Wildman–Crippen MR) is 95.6 cm³/mol. The van der Waals surface area contributed by atoms with Gasteiger partial charge in [-0.3, -0.25) is 9.59 Å². The van der Waals surface area contributed by atoms with Crippen LogP contribution in [0.5, 0.6) is 5.75 Å². The van der Waals surface area contributed by atoms with Gasteiger partial charge in [-0.15, -0.1) is 0 Å². The fraction of sp³-hybridized carbons (Fsp3) is 0.300. The van der Waals surface area contributed by atoms with E-state index in [0.29, 0.717) is 29.0 Å². The van der Waals surface area contributed by atoms with Gasteiger partial charge in [-0.05, 0) is 41.8 Å². The van der Waals surface area contributed by atoms with E-state index < -0.39 is 0 Å². The molecule has 2 rings (SSSR count). The van der Waals surface area contributed by atoms with Crippen LogP contribution in [0.2, 0.25) is 0 Å². The van der Waals surface area contributed by atoms with E-state index in [0.717, 1.165) is 0 Å². The molecule has 0 heterocycles. The molecule has 0 atom stereocenters. The van der Waals surface area contributed by atoms with Gasteiger partial charge in [-0.25, -0.2) is 0 Å². The Kier molecular flexibility index (Phi) is 5.39. The van der Waals surface area contributed by atoms with Gasteiger partial charge in [-0.2, -0.15) is 0 Å². The Morgan fingerprint density at radius 1 is 1.00 bits per heavy atom. The first kappa shape index (κ1) is 17.7. The van der Waals surface area contributed by atoms with Crippen LogP contribution in [-0.2, 0) is 4.79 Å². The maximum Gasteiger partial charge on any atom is 0.224 e. The van der Waals surface area contributed by atoms with Crippen molar-refractivity contribution in [3.63, 3.8) is 0 Å². The molecular formula is C20H23NO3. The molecule has 2 aromatic carbocycles. The number of carbonyl (C=O) groups is 2. The molecule has 0 aliphatic carbocycles. The van der Waals surface area contributed by atoms with E-state index in [4.69, 9.17) is 4.74 Å². The molecule has 0 saturated carbocycles. The molecule has 1 amide bonds. The molecule has 0 saturated heterocycles. The first-order valence-corrected chi connectivity index (χ1v) is 7.88. The van der Waals surface area contributed by atoms with Crippen molar-refractivity contribution in [2.75, 3.05) is 12.4 Å². The van der Waals surface area contributed by atoms with Gasteiger partial charge in [-0.1, -0.05) is 32.9 Å². The molecule has 0 spiro atoms. The van der Waals surface area contributed by atoms with E-state index >= 15 is 0 Å². The van der Waals surface area contributed by atoms with Crippen LogP contribution < -0.4 is 10.1 Å². The maximum atomic E-state index is 12.7. The molecule has 0 bridgehead atoms. The lowest BCUT2D eigenvalue weighted by atomic mass is 9.92. The second kappa shape index (κ2) is 7.30. The van der Waals surface area contributed by atoms with Crippen molar-refractivity contribution in [2.45, 2.75) is 27.2 Å². The Bertz CT molecular complexity index is 727. The molecule has 0 aliphatic rings. The molecule has 2 aromatic rings. The van der Waals surface area contributed by atoms with Crippen LogP contribution in [0.3, 0.4) is 0 Å². The number of amides is 1. The molecular weight excluding hydrogens is 302 g/mol. The lowest BCUT2D eigenvalue weighted by Crippen LogP contribution is -2.21. The Hall–Kier alpha value is -2.62. The number of nitrogens with one attached hydrogen (secondary N) is 1. The normalized spacial score (nSPS) is 11.0. The van der Waals surface area contributed by atoms with Crippen LogP contribution in [0.4, 0.5) is 5.69 Å². The number of ketones is 1. The van der Waals surface area contributed by atoms with E-state index in [1.165, 1.54) is 0 Å². The van der Waals surface area contributed by atoms with Crippen LogP contribution in [0.15, 0.2) is 48.5 Å². The first-order chi connectivity index (χ1) is 11.3. The summed E-state index contributed by atoms with van der Waals surface area (Å²) in [6.07, 6.45) is 0.387. The molecule has 1 N–H and O–H groups in total. The van der Waals surface area contributed by atoms with Crippen LogP contribution in [0.25, 0.3) is 0 Å². The van der Waals surface area contributed by atoms with Gasteiger partial charge < -0.3 is 10.1 Å². The summed E-state index contributed by atoms with van der Waals surface area (Å²) in [5, 5.41) is 2.86. The number of para-hydroxylation sites is 1. The second-order valence-electron chi connectivity index (χ2n) is 6.89. The number of anilines is 1. The predicted octanol–water partition coefficient (Wildman–Crippen LogP) is 4.30. The standard InChI is InChI=1S/C20H23NO3/c1-20(2,3)13-18(22)21-17-8-6-5-7-16(17)19(23)14-9-11-15(24-4)12-10-14/h5-12H,13H2,1-4H3,(H,21,22). The molecule has 0 aliphatic heterocycles. The number of methoxy groups -OCH3 is 1. The van der Waals surface area contributed by atoms with Crippen molar-refractivity contribution in [1.82, 2.24) is 0 Å². The number of hydrogen-bond donors (Lipinski definition) is 1. The minimum absolute atomic E-state index is 0.0996. The van der Waals surface area contributed by atoms with Crippen LogP contribution >= 0.6 is 0 Å². The third-order valence-corrected chi connectivity index (χ3v) is 3.49. The Labute approximate surface area is 142 Å². The van der Waals surface area contributed by atoms with E-state index in [1.807, 2.05) is 20.8 Å². The van der Waals surface area contributed by atoms with Crippen molar-refractivity contribution in [1.29, 1.82) is 0 Å². The smallest absolute Gasteiger partial charge is 0.224 e. The van der Waals surface area contributed by atoms with Crippen molar-refractivity contribution in [3.05, 3.63) is 59.7 Å². The van der Waals surface area contributed by atoms with Crippen LogP contribution in [0.1, 0.15) is 43.1 Å². The highest BCUT2D eigenvalue weighted by molar-refractivity contribution is 6.13. The summed E-state index contributed by atoms with van der Waals surface area (Å²) in [6, 6.07) is 14.0. The van der Waals surface area contributed by atoms with Gasteiger partial charge in [0.25, 0.3) is 0 Å². The minimum atomic E-state index is -0.135. The summed E-state index contributed by atoms with van der Waals surface area (Å²) in [5.74, 6) is 0.458. The van der Waals surface area contributed by atoms with Crippen molar-refractivity contribution < 1.29 is 14.3 Å². The van der Waals surface area contributed by atoms with E-state index in [-0.39, 0.29) is 17.1 Å². The van der Waals surface area contributed by atoms with Crippen molar-refractivity contribution in [2.24, 2.45) is 5.41 Å². The van der Waals surface area contributed by atoms with Gasteiger partial charge in [0.2, 0.25) is 5.91 Å². The van der Waals surface area contributed by atoms with Crippen LogP contribution in [0, 0.1) is 5.41 Å². The third-order valence-electron chi connectivity index (χ3n) is 3.49. The molecule has 4 heteroatoms. The monoisotopic (exact) mass is 325 g/mol. The number of benzene rings is 2. The lowest BCUT2D eigenvalue weighted by Gasteiger charge is -2.18. The largest absolute Gasteiger partial charge is 0.497 e. The second-order valence-corrected chi connectivity index (χ2v) is 6.89. The molecule has 0 aromatic heterocycles. The average Bonchev–Trinajstić information content (AvgIpc) is 2.53. The highest BCUT2D eigenvalue weighted by Crippen LogP contribution is 2.23. The summed E-state index contributed by atoms with van der Waals surface area (Å²) in [4.78, 5) is 24.9. The SMILES string of the molecule is COc1ccc(C(=O)c2ccccc2NC(=O)CC(C)(C)C)cc1. The maximum absolute atomic E-state index is 12.7. The fourth-order valence-corrected chi connectivity index (χ4v) is 2.36. The zero-order chi connectivity index (χ0) is 17.7. The fourth-order valence-electron chi connectivity index (χ4n) is 2.36. The summed E-state index contributed by atoms with van der Waals surface area (Å²) in [5.41, 5.74) is 1.45. The third kappa shape index (κ3) is 4.69. The highest BCUT2D eigenvalue weighted by atomic mass is 16.5. The molecule has 4 nitrogen and oxygen atoms in total. The molecule has 0 radical (unpaired) electrons. The molecule has 0 fully saturated rings. The number of rotatable bonds is 5. The van der Waals surface area contributed by atoms with Crippen molar-refractivity contribution in [3.8, 4) is 5.75 Å². The molecule has 0 unspecified atom stereocenters. The minimum Gasteiger partial charge on any atom is -0.497 e. The summed E-state index contributed by atoms with van der Waals surface area (Å²) in [6.45, 7) is 6.00. The number of carbonyl (C=O) groups excluding carboxylic acids is 2. The summed E-state index contributed by atoms with van der Waals surface area (Å²) >= 11 is 0. The Morgan fingerprint density at radius 2 is 1.62 bits per heavy atom. The van der Waals surface area contributed by atoms with Gasteiger partial charge in [0.05, 0.1) is 12.8 Å². The summed E-state index contributed by atoms with van der Waals surface area (Å²) < 4.78 is 5.11. The van der Waals surface area contributed by atoms with Gasteiger partial charge in [0.1, 0.15) is 5.75 Å². The zero-order valence-corrected chi connectivity index (χ0v) is 14.6. The number of hydrogen-bond acceptors (Lipinski definition) is 3. The van der Waals surface area contributed by atoms with Crippen LogP contribution in [-0.4, -0.2) is 18.8 Å². The topological polar surface area (TPSA) is 55.4 Å². The van der Waals surface area contributed by atoms with E-state index in [1.54, 1.807) is 55.6 Å². The quantitative estimate of drug-likeness (QED) is 0.834. The molecule has 24 heavy (non-hydrogen) atoms. The van der Waals surface area contributed by atoms with Gasteiger partial charge >= 0.3 is 0 Å². The van der Waals surface area contributed by atoms with E-state index in [9.17, 15) is 9.59 Å². The summed E-state index contributed by atoms with van der Waals surface area (Å²) in [7, 11) is 1.58. The Balaban J connectivity index is 2.24.